The SMILES string of the molecule is CCSC1(CNC(=NC)N2CCN(Cc3ccc(OC)c(F)c3)CC2)CCOCC1. The lowest BCUT2D eigenvalue weighted by molar-refractivity contribution is 0.0779. The number of hydrogen-bond acceptors (Lipinski definition) is 5. The summed E-state index contributed by atoms with van der Waals surface area (Å²) >= 11 is 2.04. The summed E-state index contributed by atoms with van der Waals surface area (Å²) in [6.07, 6.45) is 2.17. The molecule has 1 aromatic carbocycles. The molecule has 2 aliphatic rings. The Labute approximate surface area is 184 Å². The van der Waals surface area contributed by atoms with E-state index in [1.807, 2.05) is 24.9 Å². The number of ether oxygens (including phenoxy) is 2. The summed E-state index contributed by atoms with van der Waals surface area (Å²) in [6.45, 7) is 9.27. The van der Waals surface area contributed by atoms with Crippen LogP contribution >= 0.6 is 11.8 Å². The third kappa shape index (κ3) is 6.02. The van der Waals surface area contributed by atoms with Gasteiger partial charge in [0.1, 0.15) is 0 Å². The van der Waals surface area contributed by atoms with E-state index in [9.17, 15) is 4.39 Å². The standard InChI is InChI=1S/C22H35FN4O2S/c1-4-30-22(7-13-29-14-8-22)17-25-21(24-2)27-11-9-26(10-12-27)16-18-5-6-20(28-3)19(23)15-18/h5-6,15H,4,7-14,16-17H2,1-3H3,(H,24,25). The van der Waals surface area contributed by atoms with Crippen molar-refractivity contribution in [2.75, 3.05) is 65.8 Å². The highest BCUT2D eigenvalue weighted by Gasteiger charge is 2.33. The minimum absolute atomic E-state index is 0.239. The zero-order valence-electron chi connectivity index (χ0n) is 18.5. The molecular formula is C22H35FN4O2S. The molecule has 3 rings (SSSR count). The van der Waals surface area contributed by atoms with Gasteiger partial charge in [0.25, 0.3) is 0 Å². The van der Waals surface area contributed by atoms with Gasteiger partial charge in [-0.1, -0.05) is 13.0 Å². The second-order valence-corrected chi connectivity index (χ2v) is 9.59. The lowest BCUT2D eigenvalue weighted by atomic mass is 9.99. The van der Waals surface area contributed by atoms with Crippen molar-refractivity contribution in [2.45, 2.75) is 31.1 Å². The van der Waals surface area contributed by atoms with Crippen LogP contribution in [0.3, 0.4) is 0 Å². The predicted molar refractivity (Wildman–Crippen MR) is 122 cm³/mol. The number of nitrogens with one attached hydrogen (secondary N) is 1. The Morgan fingerprint density at radius 3 is 2.60 bits per heavy atom. The van der Waals surface area contributed by atoms with Crippen molar-refractivity contribution in [1.29, 1.82) is 0 Å². The predicted octanol–water partition coefficient (Wildman–Crippen LogP) is 2.83. The van der Waals surface area contributed by atoms with Gasteiger partial charge in [-0.25, -0.2) is 4.39 Å². The van der Waals surface area contributed by atoms with Crippen LogP contribution < -0.4 is 10.1 Å². The van der Waals surface area contributed by atoms with Crippen molar-refractivity contribution < 1.29 is 13.9 Å². The molecule has 30 heavy (non-hydrogen) atoms. The fraction of sp³-hybridized carbons (Fsp3) is 0.682. The number of aliphatic imine (C=N–C) groups is 1. The monoisotopic (exact) mass is 438 g/mol. The van der Waals surface area contributed by atoms with E-state index >= 15 is 0 Å². The summed E-state index contributed by atoms with van der Waals surface area (Å²) in [5, 5.41) is 3.64. The van der Waals surface area contributed by atoms with Gasteiger partial charge < -0.3 is 19.7 Å². The van der Waals surface area contributed by atoms with E-state index in [0.717, 1.165) is 82.6 Å². The maximum Gasteiger partial charge on any atom is 0.193 e. The molecule has 2 fully saturated rings. The van der Waals surface area contributed by atoms with Gasteiger partial charge in [-0.3, -0.25) is 9.89 Å². The second-order valence-electron chi connectivity index (χ2n) is 7.86. The Hall–Kier alpha value is -1.51. The lowest BCUT2D eigenvalue weighted by Gasteiger charge is -2.40. The smallest absolute Gasteiger partial charge is 0.193 e. The first kappa shape index (κ1) is 23.2. The molecule has 2 saturated heterocycles. The van der Waals surface area contributed by atoms with Gasteiger partial charge in [-0.2, -0.15) is 11.8 Å². The fourth-order valence-electron chi connectivity index (χ4n) is 4.18. The minimum atomic E-state index is -0.301. The summed E-state index contributed by atoms with van der Waals surface area (Å²) in [7, 11) is 3.35. The average Bonchev–Trinajstić information content (AvgIpc) is 2.76. The number of piperazine rings is 1. The highest BCUT2D eigenvalue weighted by Crippen LogP contribution is 2.34. The van der Waals surface area contributed by atoms with E-state index in [1.54, 1.807) is 12.1 Å². The van der Waals surface area contributed by atoms with Gasteiger partial charge in [-0.15, -0.1) is 0 Å². The molecule has 0 aromatic heterocycles. The number of rotatable bonds is 7. The molecule has 2 heterocycles. The summed E-state index contributed by atoms with van der Waals surface area (Å²) < 4.78 is 24.8. The zero-order chi connectivity index (χ0) is 21.4. The number of guanidine groups is 1. The first-order chi connectivity index (χ1) is 14.6. The molecule has 0 unspecified atom stereocenters. The fourth-order valence-corrected chi connectivity index (χ4v) is 5.42. The molecule has 168 valence electrons. The maximum absolute atomic E-state index is 14.0. The van der Waals surface area contributed by atoms with Crippen molar-refractivity contribution in [1.82, 2.24) is 15.1 Å². The van der Waals surface area contributed by atoms with Crippen molar-refractivity contribution >= 4 is 17.7 Å². The van der Waals surface area contributed by atoms with Crippen LogP contribution in [0.15, 0.2) is 23.2 Å². The zero-order valence-corrected chi connectivity index (χ0v) is 19.3. The van der Waals surface area contributed by atoms with E-state index < -0.39 is 0 Å². The van der Waals surface area contributed by atoms with Crippen molar-refractivity contribution in [3.05, 3.63) is 29.6 Å². The summed E-state index contributed by atoms with van der Waals surface area (Å²) in [6, 6.07) is 5.21. The van der Waals surface area contributed by atoms with Gasteiger partial charge >= 0.3 is 0 Å². The largest absolute Gasteiger partial charge is 0.494 e. The average molecular weight is 439 g/mol. The summed E-state index contributed by atoms with van der Waals surface area (Å²) in [5.74, 6) is 2.09. The van der Waals surface area contributed by atoms with Gasteiger partial charge in [0.15, 0.2) is 17.5 Å². The Kier molecular flexibility index (Phi) is 8.65. The Morgan fingerprint density at radius 2 is 2.00 bits per heavy atom. The molecule has 0 amide bonds. The number of benzene rings is 1. The van der Waals surface area contributed by atoms with E-state index in [2.05, 4.69) is 27.0 Å². The normalized spacial score (nSPS) is 20.3. The molecule has 0 radical (unpaired) electrons. The van der Waals surface area contributed by atoms with Crippen molar-refractivity contribution in [3.63, 3.8) is 0 Å². The lowest BCUT2D eigenvalue weighted by Crippen LogP contribution is -2.54. The van der Waals surface area contributed by atoms with Gasteiger partial charge in [0, 0.05) is 64.3 Å². The van der Waals surface area contributed by atoms with Gasteiger partial charge in [0.2, 0.25) is 0 Å². The van der Waals surface area contributed by atoms with Crippen molar-refractivity contribution in [3.8, 4) is 5.75 Å². The molecule has 2 aliphatic heterocycles. The maximum atomic E-state index is 14.0. The van der Waals surface area contributed by atoms with E-state index in [0.29, 0.717) is 5.75 Å². The topological polar surface area (TPSA) is 49.3 Å². The van der Waals surface area contributed by atoms with Crippen LogP contribution in [-0.2, 0) is 11.3 Å². The first-order valence-corrected chi connectivity index (χ1v) is 11.8. The van der Waals surface area contributed by atoms with Crippen LogP contribution in [0.25, 0.3) is 0 Å². The van der Waals surface area contributed by atoms with Crippen LogP contribution in [0.2, 0.25) is 0 Å². The molecule has 0 saturated carbocycles. The van der Waals surface area contributed by atoms with Crippen LogP contribution in [-0.4, -0.2) is 86.4 Å². The molecule has 1 aromatic rings. The number of methoxy groups -OCH3 is 1. The molecule has 0 spiro atoms. The van der Waals surface area contributed by atoms with Crippen LogP contribution in [0.4, 0.5) is 4.39 Å². The first-order valence-electron chi connectivity index (χ1n) is 10.8. The summed E-state index contributed by atoms with van der Waals surface area (Å²) in [4.78, 5) is 9.22. The van der Waals surface area contributed by atoms with Gasteiger partial charge in [-0.05, 0) is 36.3 Å². The van der Waals surface area contributed by atoms with Crippen LogP contribution in [0.1, 0.15) is 25.3 Å². The van der Waals surface area contributed by atoms with Gasteiger partial charge in [0.05, 0.1) is 7.11 Å². The number of halogens is 1. The number of thioether (sulfide) groups is 1. The van der Waals surface area contributed by atoms with Crippen LogP contribution in [0.5, 0.6) is 5.75 Å². The Bertz CT molecular complexity index is 699. The van der Waals surface area contributed by atoms with E-state index in [1.165, 1.54) is 7.11 Å². The van der Waals surface area contributed by atoms with Crippen LogP contribution in [0, 0.1) is 5.82 Å². The molecule has 6 nitrogen and oxygen atoms in total. The van der Waals surface area contributed by atoms with Crippen molar-refractivity contribution in [2.24, 2.45) is 4.99 Å². The third-order valence-electron chi connectivity index (χ3n) is 5.93. The quantitative estimate of drug-likeness (QED) is 0.522. The molecule has 0 atom stereocenters. The second kappa shape index (κ2) is 11.2. The molecule has 0 bridgehead atoms. The summed E-state index contributed by atoms with van der Waals surface area (Å²) in [5.41, 5.74) is 0.974. The third-order valence-corrected chi connectivity index (χ3v) is 7.38. The number of nitrogens with zero attached hydrogens (tertiary/aromatic N) is 3. The number of hydrogen-bond donors (Lipinski definition) is 1. The Morgan fingerprint density at radius 1 is 1.27 bits per heavy atom. The molecule has 1 N–H and O–H groups in total. The minimum Gasteiger partial charge on any atom is -0.494 e. The van der Waals surface area contributed by atoms with E-state index in [-0.39, 0.29) is 10.6 Å². The molecule has 8 heteroatoms. The Balaban J connectivity index is 1.49. The molecule has 0 aliphatic carbocycles. The highest BCUT2D eigenvalue weighted by atomic mass is 32.2. The van der Waals surface area contributed by atoms with E-state index in [4.69, 9.17) is 9.47 Å². The highest BCUT2D eigenvalue weighted by molar-refractivity contribution is 8.00. The molecular weight excluding hydrogens is 403 g/mol.